The number of pyridine rings is 1. The minimum atomic E-state index is 0. The van der Waals surface area contributed by atoms with Crippen molar-refractivity contribution in [3.8, 4) is 0 Å². The molecule has 1 aliphatic heterocycles. The number of aromatic nitrogens is 1. The summed E-state index contributed by atoms with van der Waals surface area (Å²) in [5.74, 6) is 0.199. The fourth-order valence-electron chi connectivity index (χ4n) is 2.09. The van der Waals surface area contributed by atoms with Crippen LogP contribution in [0.1, 0.15) is 18.2 Å². The lowest BCUT2D eigenvalue weighted by atomic mass is 10.1. The van der Waals surface area contributed by atoms with Crippen molar-refractivity contribution in [1.82, 2.24) is 15.2 Å². The van der Waals surface area contributed by atoms with Gasteiger partial charge in [0.15, 0.2) is 0 Å². The first-order valence-electron chi connectivity index (χ1n) is 6.08. The number of nitrogens with one attached hydrogen (secondary N) is 1. The van der Waals surface area contributed by atoms with Gasteiger partial charge in [0.25, 0.3) is 0 Å². The third-order valence-electron chi connectivity index (χ3n) is 3.15. The molecule has 0 aliphatic carbocycles. The number of carbonyl (C=O) groups is 1. The largest absolute Gasteiger partial charge is 0.337 e. The number of aryl methyl sites for hydroxylation is 1. The van der Waals surface area contributed by atoms with E-state index in [1.54, 1.807) is 6.20 Å². The monoisotopic (exact) mass is 305 g/mol. The van der Waals surface area contributed by atoms with Gasteiger partial charge in [-0.05, 0) is 25.5 Å². The van der Waals surface area contributed by atoms with Gasteiger partial charge in [0.05, 0.1) is 6.42 Å². The Balaban J connectivity index is 0.00000162. The molecule has 19 heavy (non-hydrogen) atoms. The first-order chi connectivity index (χ1) is 8.16. The van der Waals surface area contributed by atoms with E-state index >= 15 is 0 Å². The second-order valence-electron chi connectivity index (χ2n) is 4.62. The molecule has 0 bridgehead atoms. The van der Waals surface area contributed by atoms with Gasteiger partial charge in [-0.25, -0.2) is 0 Å². The van der Waals surface area contributed by atoms with E-state index in [-0.39, 0.29) is 36.8 Å². The highest BCUT2D eigenvalue weighted by atomic mass is 35.5. The van der Waals surface area contributed by atoms with E-state index in [9.17, 15) is 4.79 Å². The molecule has 6 heteroatoms. The van der Waals surface area contributed by atoms with Crippen LogP contribution >= 0.6 is 24.8 Å². The fraction of sp³-hybridized carbons (Fsp3) is 0.538. The van der Waals surface area contributed by atoms with Crippen molar-refractivity contribution in [1.29, 1.82) is 0 Å². The zero-order chi connectivity index (χ0) is 12.3. The Bertz CT molecular complexity index is 397. The van der Waals surface area contributed by atoms with Crippen LogP contribution in [0.3, 0.4) is 0 Å². The number of hydrogen-bond acceptors (Lipinski definition) is 3. The van der Waals surface area contributed by atoms with Gasteiger partial charge in [-0.15, -0.1) is 24.8 Å². The Hall–Kier alpha value is -0.840. The predicted octanol–water partition coefficient (Wildman–Crippen LogP) is 1.60. The molecule has 1 unspecified atom stereocenters. The molecule has 1 fully saturated rings. The summed E-state index contributed by atoms with van der Waals surface area (Å²) < 4.78 is 0. The number of amides is 1. The topological polar surface area (TPSA) is 45.2 Å². The van der Waals surface area contributed by atoms with Crippen LogP contribution < -0.4 is 5.32 Å². The van der Waals surface area contributed by atoms with E-state index in [0.29, 0.717) is 6.42 Å². The van der Waals surface area contributed by atoms with Crippen LogP contribution in [0.25, 0.3) is 0 Å². The highest BCUT2D eigenvalue weighted by Gasteiger charge is 2.22. The number of nitrogens with zero attached hydrogens (tertiary/aromatic N) is 2. The van der Waals surface area contributed by atoms with Gasteiger partial charge in [-0.2, -0.15) is 0 Å². The highest BCUT2D eigenvalue weighted by Crippen LogP contribution is 2.07. The standard InChI is InChI=1S/C13H19N3O.2ClH/c1-10-3-4-12(9-15-10)7-13(17)16-6-5-14-8-11(16)2;;/h3-4,9,11,14H,5-8H2,1-2H3;2*1H. The summed E-state index contributed by atoms with van der Waals surface area (Å²) in [4.78, 5) is 18.3. The molecule has 0 radical (unpaired) electrons. The Morgan fingerprint density at radius 1 is 1.47 bits per heavy atom. The number of hydrogen-bond donors (Lipinski definition) is 1. The quantitative estimate of drug-likeness (QED) is 0.902. The maximum absolute atomic E-state index is 12.1. The van der Waals surface area contributed by atoms with Crippen molar-refractivity contribution in [3.05, 3.63) is 29.6 Å². The van der Waals surface area contributed by atoms with E-state index in [4.69, 9.17) is 0 Å². The van der Waals surface area contributed by atoms with Crippen molar-refractivity contribution in [2.75, 3.05) is 19.6 Å². The third kappa shape index (κ3) is 4.97. The first kappa shape index (κ1) is 18.2. The molecule has 1 N–H and O–H groups in total. The van der Waals surface area contributed by atoms with E-state index in [2.05, 4.69) is 17.2 Å². The van der Waals surface area contributed by atoms with Crippen LogP contribution in [0, 0.1) is 6.92 Å². The van der Waals surface area contributed by atoms with E-state index < -0.39 is 0 Å². The lowest BCUT2D eigenvalue weighted by molar-refractivity contribution is -0.133. The molecule has 4 nitrogen and oxygen atoms in total. The van der Waals surface area contributed by atoms with Crippen molar-refractivity contribution < 1.29 is 4.79 Å². The lowest BCUT2D eigenvalue weighted by Gasteiger charge is -2.34. The Labute approximate surface area is 126 Å². The van der Waals surface area contributed by atoms with Crippen LogP contribution in [0.5, 0.6) is 0 Å². The van der Waals surface area contributed by atoms with Crippen LogP contribution in [-0.2, 0) is 11.2 Å². The third-order valence-corrected chi connectivity index (χ3v) is 3.15. The molecule has 0 spiro atoms. The molecule has 1 saturated heterocycles. The minimum absolute atomic E-state index is 0. The van der Waals surface area contributed by atoms with E-state index in [1.807, 2.05) is 24.0 Å². The van der Waals surface area contributed by atoms with Crippen LogP contribution in [0.2, 0.25) is 0 Å². The Morgan fingerprint density at radius 2 is 2.21 bits per heavy atom. The smallest absolute Gasteiger partial charge is 0.227 e. The summed E-state index contributed by atoms with van der Waals surface area (Å²) in [5.41, 5.74) is 1.98. The molecular weight excluding hydrogens is 285 g/mol. The molecule has 0 aromatic carbocycles. The summed E-state index contributed by atoms with van der Waals surface area (Å²) in [6, 6.07) is 4.21. The zero-order valence-corrected chi connectivity index (χ0v) is 12.9. The molecule has 1 aliphatic rings. The number of carbonyl (C=O) groups excluding carboxylic acids is 1. The van der Waals surface area contributed by atoms with Gasteiger partial charge < -0.3 is 10.2 Å². The van der Waals surface area contributed by atoms with Gasteiger partial charge in [-0.3, -0.25) is 9.78 Å². The second-order valence-corrected chi connectivity index (χ2v) is 4.62. The maximum atomic E-state index is 12.1. The van der Waals surface area contributed by atoms with Crippen molar-refractivity contribution in [3.63, 3.8) is 0 Å². The van der Waals surface area contributed by atoms with E-state index in [1.165, 1.54) is 0 Å². The van der Waals surface area contributed by atoms with Crippen LogP contribution in [0.4, 0.5) is 0 Å². The molecule has 1 aromatic rings. The lowest BCUT2D eigenvalue weighted by Crippen LogP contribution is -2.52. The van der Waals surface area contributed by atoms with E-state index in [0.717, 1.165) is 30.9 Å². The molecule has 1 atom stereocenters. The van der Waals surface area contributed by atoms with Gasteiger partial charge in [0.1, 0.15) is 0 Å². The fourth-order valence-corrected chi connectivity index (χ4v) is 2.09. The summed E-state index contributed by atoms with van der Waals surface area (Å²) in [6.45, 7) is 6.61. The van der Waals surface area contributed by atoms with Gasteiger partial charge in [-0.1, -0.05) is 6.07 Å². The first-order valence-corrected chi connectivity index (χ1v) is 6.08. The zero-order valence-electron chi connectivity index (χ0n) is 11.3. The van der Waals surface area contributed by atoms with Gasteiger partial charge in [0, 0.05) is 37.6 Å². The Kier molecular flexibility index (Phi) is 7.99. The molecule has 0 saturated carbocycles. The molecule has 1 amide bonds. The highest BCUT2D eigenvalue weighted by molar-refractivity contribution is 5.85. The minimum Gasteiger partial charge on any atom is -0.337 e. The van der Waals surface area contributed by atoms with Gasteiger partial charge >= 0.3 is 0 Å². The van der Waals surface area contributed by atoms with Crippen molar-refractivity contribution in [2.24, 2.45) is 0 Å². The summed E-state index contributed by atoms with van der Waals surface area (Å²) >= 11 is 0. The predicted molar refractivity (Wildman–Crippen MR) is 81.2 cm³/mol. The Morgan fingerprint density at radius 3 is 2.79 bits per heavy atom. The number of rotatable bonds is 2. The van der Waals surface area contributed by atoms with Crippen LogP contribution in [0.15, 0.2) is 18.3 Å². The van der Waals surface area contributed by atoms with Crippen LogP contribution in [-0.4, -0.2) is 41.5 Å². The molecular formula is C13H21Cl2N3O. The molecule has 1 aromatic heterocycles. The van der Waals surface area contributed by atoms with Crippen molar-refractivity contribution >= 4 is 30.7 Å². The average Bonchev–Trinajstić information content (AvgIpc) is 2.32. The second kappa shape index (κ2) is 8.35. The summed E-state index contributed by atoms with van der Waals surface area (Å²) in [6.07, 6.45) is 2.25. The van der Waals surface area contributed by atoms with Crippen molar-refractivity contribution in [2.45, 2.75) is 26.3 Å². The number of halogens is 2. The molecule has 2 rings (SSSR count). The average molecular weight is 306 g/mol. The SMILES string of the molecule is Cc1ccc(CC(=O)N2CCNCC2C)cn1.Cl.Cl. The number of piperazine rings is 1. The summed E-state index contributed by atoms with van der Waals surface area (Å²) in [5, 5.41) is 3.28. The molecule has 2 heterocycles. The maximum Gasteiger partial charge on any atom is 0.227 e. The summed E-state index contributed by atoms with van der Waals surface area (Å²) in [7, 11) is 0. The molecule has 108 valence electrons. The normalized spacial score (nSPS) is 18.2. The van der Waals surface area contributed by atoms with Gasteiger partial charge in [0.2, 0.25) is 5.91 Å².